The van der Waals surface area contributed by atoms with Crippen LogP contribution in [0.15, 0.2) is 0 Å². The van der Waals surface area contributed by atoms with Crippen molar-refractivity contribution < 1.29 is 57.5 Å². The molecule has 1 aliphatic rings. The molecule has 2 unspecified atom stereocenters. The maximum absolute atomic E-state index is 10.3. The zero-order chi connectivity index (χ0) is 8.81. The maximum atomic E-state index is 10.3. The van der Waals surface area contributed by atoms with E-state index in [1.807, 2.05) is 0 Å². The molecule has 0 saturated heterocycles. The van der Waals surface area contributed by atoms with Crippen molar-refractivity contribution >= 4 is 11.9 Å². The third-order valence-corrected chi connectivity index (χ3v) is 2.34. The van der Waals surface area contributed by atoms with E-state index in [1.54, 1.807) is 13.8 Å². The summed E-state index contributed by atoms with van der Waals surface area (Å²) in [4.78, 5) is 20.6. The van der Waals surface area contributed by atoms with Crippen LogP contribution >= 0.6 is 0 Å². The summed E-state index contributed by atoms with van der Waals surface area (Å²) in [6, 6.07) is 0. The summed E-state index contributed by atoms with van der Waals surface area (Å²) in [5, 5.41) is 20.6. The monoisotopic (exact) mass is 170 g/mol. The molecule has 0 amide bonds. The molecule has 0 aliphatic heterocycles. The maximum Gasteiger partial charge on any atom is 1.00 e. The Bertz CT molecular complexity index is 205. The van der Waals surface area contributed by atoms with Crippen molar-refractivity contribution in [3.63, 3.8) is 0 Å². The van der Waals surface area contributed by atoms with Crippen LogP contribution in [-0.2, 0) is 9.59 Å². The van der Waals surface area contributed by atoms with Crippen molar-refractivity contribution in [2.24, 2.45) is 17.3 Å². The zero-order valence-corrected chi connectivity index (χ0v) is 8.29. The van der Waals surface area contributed by atoms with Gasteiger partial charge in [-0.1, -0.05) is 13.8 Å². The molecule has 0 radical (unpaired) electrons. The molecule has 0 heterocycles. The quantitative estimate of drug-likeness (QED) is 0.385. The van der Waals surface area contributed by atoms with Gasteiger partial charge in [0.2, 0.25) is 0 Å². The average Bonchev–Trinajstić information content (AvgIpc) is 2.33. The van der Waals surface area contributed by atoms with Gasteiger partial charge < -0.3 is 19.8 Å². The SMILES string of the molecule is CC1(C)C(C(=O)[O-])C1C(=O)[O-].[Li+].[Li+]. The van der Waals surface area contributed by atoms with E-state index in [9.17, 15) is 19.8 Å². The minimum atomic E-state index is -1.30. The molecule has 1 rings (SSSR count). The Kier molecular flexibility index (Phi) is 5.49. The predicted molar refractivity (Wildman–Crippen MR) is 30.8 cm³/mol. The van der Waals surface area contributed by atoms with E-state index in [0.29, 0.717) is 0 Å². The van der Waals surface area contributed by atoms with Gasteiger partial charge in [0, 0.05) is 23.8 Å². The molecule has 0 N–H and O–H groups in total. The first kappa shape index (κ1) is 15.6. The van der Waals surface area contributed by atoms with E-state index < -0.39 is 29.2 Å². The second-order valence-corrected chi connectivity index (χ2v) is 3.41. The molecule has 6 heteroatoms. The molecule has 62 valence electrons. The number of aliphatic carboxylic acids is 2. The molecular formula is C7H8Li2O4. The van der Waals surface area contributed by atoms with Crippen LogP contribution in [0.4, 0.5) is 0 Å². The van der Waals surface area contributed by atoms with Gasteiger partial charge in [0.25, 0.3) is 0 Å². The topological polar surface area (TPSA) is 80.3 Å². The smallest absolute Gasteiger partial charge is 0.550 e. The van der Waals surface area contributed by atoms with Crippen molar-refractivity contribution in [3.05, 3.63) is 0 Å². The van der Waals surface area contributed by atoms with Crippen molar-refractivity contribution in [3.8, 4) is 0 Å². The average molecular weight is 170 g/mol. The molecule has 1 saturated carbocycles. The number of carbonyl (C=O) groups excluding carboxylic acids is 2. The largest absolute Gasteiger partial charge is 1.00 e. The summed E-state index contributed by atoms with van der Waals surface area (Å²) in [6.45, 7) is 3.15. The Morgan fingerprint density at radius 3 is 1.31 bits per heavy atom. The van der Waals surface area contributed by atoms with Crippen LogP contribution in [0.3, 0.4) is 0 Å². The van der Waals surface area contributed by atoms with E-state index >= 15 is 0 Å². The van der Waals surface area contributed by atoms with Gasteiger partial charge in [-0.05, 0) is 5.41 Å². The Balaban J connectivity index is 0. The molecule has 1 fully saturated rings. The van der Waals surface area contributed by atoms with Crippen LogP contribution < -0.4 is 47.9 Å². The number of hydrogen-bond acceptors (Lipinski definition) is 4. The molecule has 13 heavy (non-hydrogen) atoms. The van der Waals surface area contributed by atoms with E-state index in [-0.39, 0.29) is 37.7 Å². The Morgan fingerprint density at radius 1 is 1.00 bits per heavy atom. The standard InChI is InChI=1S/C7H10O4.2Li/c1-7(2)3(5(8)9)4(7)6(10)11;;/h3-4H,1-2H3,(H,8,9)(H,10,11);;/q;2*+1/p-2. The Hall–Kier alpha value is 0.135. The summed E-state index contributed by atoms with van der Waals surface area (Å²) in [5.74, 6) is -4.37. The van der Waals surface area contributed by atoms with Gasteiger partial charge in [0.15, 0.2) is 0 Å². The molecule has 0 aromatic carbocycles. The number of carbonyl (C=O) groups is 2. The number of rotatable bonds is 2. The molecule has 1 aliphatic carbocycles. The van der Waals surface area contributed by atoms with Crippen LogP contribution in [0, 0.1) is 17.3 Å². The third kappa shape index (κ3) is 2.54. The molecule has 2 atom stereocenters. The minimum absolute atomic E-state index is 0. The van der Waals surface area contributed by atoms with Gasteiger partial charge in [-0.25, -0.2) is 0 Å². The van der Waals surface area contributed by atoms with E-state index in [1.165, 1.54) is 0 Å². The van der Waals surface area contributed by atoms with Gasteiger partial charge in [-0.15, -0.1) is 0 Å². The molecule has 0 spiro atoms. The van der Waals surface area contributed by atoms with Crippen molar-refractivity contribution in [1.82, 2.24) is 0 Å². The van der Waals surface area contributed by atoms with Gasteiger partial charge in [-0.2, -0.15) is 0 Å². The van der Waals surface area contributed by atoms with Gasteiger partial charge in [0.05, 0.1) is 0 Å². The van der Waals surface area contributed by atoms with Crippen LogP contribution in [0.25, 0.3) is 0 Å². The summed E-state index contributed by atoms with van der Waals surface area (Å²) in [7, 11) is 0. The summed E-state index contributed by atoms with van der Waals surface area (Å²) in [6.07, 6.45) is 0. The fourth-order valence-electron chi connectivity index (χ4n) is 1.52. The second-order valence-electron chi connectivity index (χ2n) is 3.41. The number of carboxylic acids is 2. The summed E-state index contributed by atoms with van der Waals surface area (Å²) in [5.41, 5.74) is -0.697. The van der Waals surface area contributed by atoms with E-state index in [2.05, 4.69) is 0 Å². The predicted octanol–water partition coefficient (Wildman–Crippen LogP) is -8.23. The Morgan fingerprint density at radius 2 is 1.23 bits per heavy atom. The van der Waals surface area contributed by atoms with Crippen LogP contribution in [-0.4, -0.2) is 11.9 Å². The molecule has 0 aromatic rings. The number of hydrogen-bond donors (Lipinski definition) is 0. The van der Waals surface area contributed by atoms with Gasteiger partial charge >= 0.3 is 37.7 Å². The van der Waals surface area contributed by atoms with Gasteiger partial charge in [-0.3, -0.25) is 0 Å². The van der Waals surface area contributed by atoms with Crippen molar-refractivity contribution in [2.45, 2.75) is 13.8 Å². The first-order valence-corrected chi connectivity index (χ1v) is 3.30. The summed E-state index contributed by atoms with van der Waals surface area (Å²) < 4.78 is 0. The van der Waals surface area contributed by atoms with Crippen molar-refractivity contribution in [1.29, 1.82) is 0 Å². The van der Waals surface area contributed by atoms with Crippen molar-refractivity contribution in [2.75, 3.05) is 0 Å². The second kappa shape index (κ2) is 4.57. The molecular weight excluding hydrogens is 162 g/mol. The minimum Gasteiger partial charge on any atom is -0.550 e. The summed E-state index contributed by atoms with van der Waals surface area (Å²) >= 11 is 0. The third-order valence-electron chi connectivity index (χ3n) is 2.34. The van der Waals surface area contributed by atoms with Crippen LogP contribution in [0.5, 0.6) is 0 Å². The molecule has 0 aromatic heterocycles. The van der Waals surface area contributed by atoms with Crippen LogP contribution in [0.1, 0.15) is 13.8 Å². The fourth-order valence-corrected chi connectivity index (χ4v) is 1.52. The first-order chi connectivity index (χ1) is 4.89. The fraction of sp³-hybridized carbons (Fsp3) is 0.714. The molecule has 4 nitrogen and oxygen atoms in total. The van der Waals surface area contributed by atoms with Gasteiger partial charge in [0.1, 0.15) is 0 Å². The first-order valence-electron chi connectivity index (χ1n) is 3.30. The number of carboxylic acid groups (broad SMARTS) is 2. The van der Waals surface area contributed by atoms with Crippen LogP contribution in [0.2, 0.25) is 0 Å². The van der Waals surface area contributed by atoms with E-state index in [0.717, 1.165) is 0 Å². The zero-order valence-electron chi connectivity index (χ0n) is 8.29. The molecule has 0 bridgehead atoms. The van der Waals surface area contributed by atoms with E-state index in [4.69, 9.17) is 0 Å². The normalized spacial score (nSPS) is 27.8. The Labute approximate surface area is 100 Å².